The summed E-state index contributed by atoms with van der Waals surface area (Å²) in [6.07, 6.45) is 2.97. The maximum absolute atomic E-state index is 12.7. The Kier molecular flexibility index (Phi) is 8.15. The zero-order chi connectivity index (χ0) is 15.8. The highest BCUT2D eigenvalue weighted by Crippen LogP contribution is 2.11. The van der Waals surface area contributed by atoms with Gasteiger partial charge in [-0.2, -0.15) is 0 Å². The van der Waals surface area contributed by atoms with Crippen LogP contribution in [0, 0.1) is 5.82 Å². The molecule has 1 heterocycles. The molecule has 126 valence electrons. The van der Waals surface area contributed by atoms with Crippen LogP contribution in [0.3, 0.4) is 0 Å². The van der Waals surface area contributed by atoms with Crippen molar-refractivity contribution in [1.82, 2.24) is 5.32 Å². The van der Waals surface area contributed by atoms with Crippen LogP contribution in [0.15, 0.2) is 41.0 Å². The lowest BCUT2D eigenvalue weighted by Crippen LogP contribution is -2.24. The third-order valence-electron chi connectivity index (χ3n) is 3.06. The normalized spacial score (nSPS) is 10.0. The van der Waals surface area contributed by atoms with Crippen molar-refractivity contribution in [3.8, 4) is 5.75 Å². The molecule has 2 rings (SSSR count). The number of amides is 1. The summed E-state index contributed by atoms with van der Waals surface area (Å²) in [4.78, 5) is 11.8. The van der Waals surface area contributed by atoms with Crippen LogP contribution >= 0.6 is 12.4 Å². The van der Waals surface area contributed by atoms with Crippen molar-refractivity contribution >= 4 is 18.3 Å². The van der Waals surface area contributed by atoms with Crippen molar-refractivity contribution in [1.29, 1.82) is 0 Å². The lowest BCUT2D eigenvalue weighted by Gasteiger charge is -2.06. The highest BCUT2D eigenvalue weighted by atomic mass is 35.5. The van der Waals surface area contributed by atoms with Gasteiger partial charge in [-0.05, 0) is 43.2 Å². The summed E-state index contributed by atoms with van der Waals surface area (Å²) < 4.78 is 23.3. The quantitative estimate of drug-likeness (QED) is 0.723. The number of ether oxygens (including phenoxy) is 1. The molecule has 0 radical (unpaired) electrons. The number of hydrogen-bond acceptors (Lipinski definition) is 4. The Morgan fingerprint density at radius 2 is 2.00 bits per heavy atom. The molecule has 3 N–H and O–H groups in total. The number of carbonyl (C=O) groups is 1. The fraction of sp³-hybridized carbons (Fsp3) is 0.312. The van der Waals surface area contributed by atoms with Gasteiger partial charge in [0.1, 0.15) is 23.6 Å². The van der Waals surface area contributed by atoms with Gasteiger partial charge >= 0.3 is 0 Å². The molecule has 1 aromatic carbocycles. The summed E-state index contributed by atoms with van der Waals surface area (Å²) in [7, 11) is 0. The van der Waals surface area contributed by atoms with Gasteiger partial charge in [0, 0.05) is 6.54 Å². The molecule has 0 bridgehead atoms. The van der Waals surface area contributed by atoms with E-state index in [1.807, 2.05) is 0 Å². The lowest BCUT2D eigenvalue weighted by atomic mass is 10.2. The summed E-state index contributed by atoms with van der Waals surface area (Å²) in [5, 5.41) is 2.80. The van der Waals surface area contributed by atoms with Crippen molar-refractivity contribution in [3.63, 3.8) is 0 Å². The summed E-state index contributed by atoms with van der Waals surface area (Å²) in [6, 6.07) is 7.52. The molecule has 0 saturated heterocycles. The second kappa shape index (κ2) is 9.86. The number of benzene rings is 1. The average Bonchev–Trinajstić information content (AvgIpc) is 3.01. The first-order valence-electron chi connectivity index (χ1n) is 7.13. The number of hydrogen-bond donors (Lipinski definition) is 2. The molecule has 0 atom stereocenters. The molecule has 1 amide bonds. The largest absolute Gasteiger partial charge is 0.494 e. The molecule has 0 aliphatic heterocycles. The van der Waals surface area contributed by atoms with Crippen molar-refractivity contribution in [2.45, 2.75) is 19.4 Å². The van der Waals surface area contributed by atoms with Crippen LogP contribution in [0.5, 0.6) is 5.75 Å². The predicted octanol–water partition coefficient (Wildman–Crippen LogP) is 2.89. The minimum Gasteiger partial charge on any atom is -0.494 e. The SMILES string of the molecule is Cl.NCc1cc(C(=O)NCCCCOc2ccc(F)cc2)co1. The van der Waals surface area contributed by atoms with Crippen LogP contribution in [0.2, 0.25) is 0 Å². The second-order valence-corrected chi connectivity index (χ2v) is 4.77. The lowest BCUT2D eigenvalue weighted by molar-refractivity contribution is 0.0951. The van der Waals surface area contributed by atoms with Gasteiger partial charge in [0.15, 0.2) is 0 Å². The van der Waals surface area contributed by atoms with E-state index in [2.05, 4.69) is 5.32 Å². The predicted molar refractivity (Wildman–Crippen MR) is 87.3 cm³/mol. The minimum absolute atomic E-state index is 0. The standard InChI is InChI=1S/C16H19FN2O3.ClH/c17-13-3-5-14(6-4-13)21-8-2-1-7-19-16(20)12-9-15(10-18)22-11-12;/h3-6,9,11H,1-2,7-8,10,18H2,(H,19,20);1H. The first kappa shape index (κ1) is 19.0. The minimum atomic E-state index is -0.285. The molecule has 7 heteroatoms. The summed E-state index contributed by atoms with van der Waals surface area (Å²) in [6.45, 7) is 1.34. The number of unbranched alkanes of at least 4 members (excludes halogenated alkanes) is 1. The fourth-order valence-electron chi connectivity index (χ4n) is 1.86. The summed E-state index contributed by atoms with van der Waals surface area (Å²) >= 11 is 0. The number of carbonyl (C=O) groups excluding carboxylic acids is 1. The highest BCUT2D eigenvalue weighted by molar-refractivity contribution is 5.93. The van der Waals surface area contributed by atoms with Gasteiger partial charge in [-0.15, -0.1) is 12.4 Å². The van der Waals surface area contributed by atoms with E-state index in [4.69, 9.17) is 14.9 Å². The summed E-state index contributed by atoms with van der Waals surface area (Å²) in [5.41, 5.74) is 5.89. The van der Waals surface area contributed by atoms with E-state index in [0.29, 0.717) is 30.2 Å². The topological polar surface area (TPSA) is 77.5 Å². The third-order valence-corrected chi connectivity index (χ3v) is 3.06. The van der Waals surface area contributed by atoms with Crippen LogP contribution in [0.1, 0.15) is 29.0 Å². The van der Waals surface area contributed by atoms with Gasteiger partial charge in [-0.25, -0.2) is 4.39 Å². The van der Waals surface area contributed by atoms with E-state index in [-0.39, 0.29) is 30.7 Å². The Hall–Kier alpha value is -2.05. The van der Waals surface area contributed by atoms with E-state index in [1.54, 1.807) is 18.2 Å². The highest BCUT2D eigenvalue weighted by Gasteiger charge is 2.08. The number of halogens is 2. The van der Waals surface area contributed by atoms with Gasteiger partial charge in [-0.1, -0.05) is 0 Å². The molecule has 0 fully saturated rings. The molecule has 5 nitrogen and oxygen atoms in total. The van der Waals surface area contributed by atoms with Gasteiger partial charge in [0.05, 0.1) is 18.7 Å². The summed E-state index contributed by atoms with van der Waals surface area (Å²) in [5.74, 6) is 0.756. The van der Waals surface area contributed by atoms with E-state index < -0.39 is 0 Å². The Morgan fingerprint density at radius 1 is 1.26 bits per heavy atom. The monoisotopic (exact) mass is 342 g/mol. The number of nitrogens with one attached hydrogen (secondary N) is 1. The van der Waals surface area contributed by atoms with Gasteiger partial charge < -0.3 is 20.2 Å². The van der Waals surface area contributed by atoms with Gasteiger partial charge in [-0.3, -0.25) is 4.79 Å². The van der Waals surface area contributed by atoms with Gasteiger partial charge in [0.25, 0.3) is 5.91 Å². The Morgan fingerprint density at radius 3 is 2.65 bits per heavy atom. The molecule has 1 aromatic heterocycles. The molecule has 0 spiro atoms. The molecule has 0 unspecified atom stereocenters. The Labute approximate surface area is 140 Å². The number of furan rings is 1. The van der Waals surface area contributed by atoms with Crippen LogP contribution < -0.4 is 15.8 Å². The molecule has 0 aliphatic rings. The Balaban J connectivity index is 0.00000264. The third kappa shape index (κ3) is 6.30. The van der Waals surface area contributed by atoms with Crippen LogP contribution in [-0.2, 0) is 6.54 Å². The average molecular weight is 343 g/mol. The number of rotatable bonds is 8. The van der Waals surface area contributed by atoms with E-state index in [1.165, 1.54) is 18.4 Å². The van der Waals surface area contributed by atoms with E-state index in [0.717, 1.165) is 12.8 Å². The van der Waals surface area contributed by atoms with E-state index >= 15 is 0 Å². The number of nitrogens with two attached hydrogens (primary N) is 1. The van der Waals surface area contributed by atoms with Crippen molar-refractivity contribution in [2.75, 3.05) is 13.2 Å². The van der Waals surface area contributed by atoms with Crippen molar-refractivity contribution < 1.29 is 18.3 Å². The molecular weight excluding hydrogens is 323 g/mol. The molecule has 0 saturated carbocycles. The zero-order valence-corrected chi connectivity index (χ0v) is 13.4. The second-order valence-electron chi connectivity index (χ2n) is 4.77. The van der Waals surface area contributed by atoms with Crippen molar-refractivity contribution in [3.05, 3.63) is 53.7 Å². The van der Waals surface area contributed by atoms with Crippen LogP contribution in [0.4, 0.5) is 4.39 Å². The maximum Gasteiger partial charge on any atom is 0.254 e. The van der Waals surface area contributed by atoms with Crippen LogP contribution in [-0.4, -0.2) is 19.1 Å². The van der Waals surface area contributed by atoms with E-state index in [9.17, 15) is 9.18 Å². The molecular formula is C16H20ClFN2O3. The smallest absolute Gasteiger partial charge is 0.254 e. The first-order valence-corrected chi connectivity index (χ1v) is 7.13. The maximum atomic E-state index is 12.7. The fourth-order valence-corrected chi connectivity index (χ4v) is 1.86. The first-order chi connectivity index (χ1) is 10.7. The van der Waals surface area contributed by atoms with Crippen molar-refractivity contribution in [2.24, 2.45) is 5.73 Å². The Bertz CT molecular complexity index is 602. The van der Waals surface area contributed by atoms with Gasteiger partial charge in [0.2, 0.25) is 0 Å². The zero-order valence-electron chi connectivity index (χ0n) is 12.6. The molecule has 2 aromatic rings. The molecule has 23 heavy (non-hydrogen) atoms. The van der Waals surface area contributed by atoms with Crippen LogP contribution in [0.25, 0.3) is 0 Å². The molecule has 0 aliphatic carbocycles.